The molecule has 2 aromatic rings. The normalized spacial score (nSPS) is 9.75. The quantitative estimate of drug-likeness (QED) is 0.833. The van der Waals surface area contributed by atoms with Gasteiger partial charge >= 0.3 is 0 Å². The van der Waals surface area contributed by atoms with Crippen LogP contribution in [0.1, 0.15) is 11.4 Å². The molecule has 0 radical (unpaired) electrons. The fourth-order valence-electron chi connectivity index (χ4n) is 1.46. The average molecular weight is 213 g/mol. The molecule has 80 valence electrons. The average Bonchev–Trinajstić information content (AvgIpc) is 2.76. The summed E-state index contributed by atoms with van der Waals surface area (Å²) in [6.07, 6.45) is 5.15. The van der Waals surface area contributed by atoms with Gasteiger partial charge in [-0.1, -0.05) is 0 Å². The van der Waals surface area contributed by atoms with Gasteiger partial charge in [0.25, 0.3) is 0 Å². The van der Waals surface area contributed by atoms with Crippen LogP contribution in [0.25, 0.3) is 0 Å². The van der Waals surface area contributed by atoms with Crippen LogP contribution in [-0.4, -0.2) is 21.6 Å². The van der Waals surface area contributed by atoms with E-state index in [1.54, 1.807) is 23.2 Å². The lowest BCUT2D eigenvalue weighted by atomic mass is 10.2. The lowest BCUT2D eigenvalue weighted by Crippen LogP contribution is -2.02. The topological polar surface area (TPSA) is 66.5 Å². The van der Waals surface area contributed by atoms with Gasteiger partial charge in [0.1, 0.15) is 11.9 Å². The van der Waals surface area contributed by atoms with Gasteiger partial charge in [0, 0.05) is 32.2 Å². The second kappa shape index (κ2) is 4.45. The van der Waals surface area contributed by atoms with Crippen molar-refractivity contribution in [2.75, 3.05) is 12.4 Å². The number of nitriles is 1. The first-order chi connectivity index (χ1) is 7.83. The SMILES string of the molecule is CNc1cc(Cn2ccnc2C#N)ccn1. The standard InChI is InChI=1S/C11H11N5/c1-13-10-6-9(2-3-14-10)8-16-5-4-15-11(16)7-12/h2-6H,8H2,1H3,(H,13,14). The van der Waals surface area contributed by atoms with Gasteiger partial charge in [0.2, 0.25) is 5.82 Å². The Bertz CT molecular complexity index is 523. The third kappa shape index (κ3) is 2.01. The Balaban J connectivity index is 2.24. The molecule has 2 rings (SSSR count). The number of rotatable bonds is 3. The van der Waals surface area contributed by atoms with Crippen LogP contribution in [0.2, 0.25) is 0 Å². The predicted octanol–water partition coefficient (Wildman–Crippen LogP) is 1.24. The maximum absolute atomic E-state index is 8.83. The van der Waals surface area contributed by atoms with Crippen molar-refractivity contribution in [3.05, 3.63) is 42.1 Å². The first-order valence-electron chi connectivity index (χ1n) is 4.87. The van der Waals surface area contributed by atoms with Crippen molar-refractivity contribution in [2.45, 2.75) is 6.54 Å². The summed E-state index contributed by atoms with van der Waals surface area (Å²) in [5, 5.41) is 11.8. The Morgan fingerprint density at radius 2 is 2.31 bits per heavy atom. The zero-order valence-corrected chi connectivity index (χ0v) is 8.88. The van der Waals surface area contributed by atoms with E-state index in [2.05, 4.69) is 15.3 Å². The highest BCUT2D eigenvalue weighted by molar-refractivity contribution is 5.36. The molecule has 0 saturated carbocycles. The summed E-state index contributed by atoms with van der Waals surface area (Å²) >= 11 is 0. The molecule has 0 aliphatic heterocycles. The van der Waals surface area contributed by atoms with E-state index in [9.17, 15) is 0 Å². The van der Waals surface area contributed by atoms with Crippen molar-refractivity contribution in [1.29, 1.82) is 5.26 Å². The monoisotopic (exact) mass is 213 g/mol. The van der Waals surface area contributed by atoms with Crippen LogP contribution in [0.4, 0.5) is 5.82 Å². The minimum atomic E-state index is 0.419. The lowest BCUT2D eigenvalue weighted by Gasteiger charge is -2.05. The molecule has 0 spiro atoms. The number of nitrogens with one attached hydrogen (secondary N) is 1. The van der Waals surface area contributed by atoms with Gasteiger partial charge in [-0.2, -0.15) is 5.26 Å². The van der Waals surface area contributed by atoms with Crippen molar-refractivity contribution < 1.29 is 0 Å². The molecule has 5 heteroatoms. The molecule has 0 unspecified atom stereocenters. The molecule has 5 nitrogen and oxygen atoms in total. The van der Waals surface area contributed by atoms with Crippen molar-refractivity contribution in [3.8, 4) is 6.07 Å². The fraction of sp³-hybridized carbons (Fsp3) is 0.182. The third-order valence-electron chi connectivity index (χ3n) is 2.25. The van der Waals surface area contributed by atoms with Crippen molar-refractivity contribution in [2.24, 2.45) is 0 Å². The second-order valence-corrected chi connectivity index (χ2v) is 3.29. The Labute approximate surface area is 93.4 Å². The van der Waals surface area contributed by atoms with Crippen molar-refractivity contribution in [3.63, 3.8) is 0 Å². The van der Waals surface area contributed by atoms with Crippen LogP contribution in [0.3, 0.4) is 0 Å². The Morgan fingerprint density at radius 3 is 3.06 bits per heavy atom. The summed E-state index contributed by atoms with van der Waals surface area (Å²) in [5.74, 6) is 1.24. The molecule has 0 bridgehead atoms. The van der Waals surface area contributed by atoms with Gasteiger partial charge in [-0.15, -0.1) is 0 Å². The third-order valence-corrected chi connectivity index (χ3v) is 2.25. The summed E-state index contributed by atoms with van der Waals surface area (Å²) in [7, 11) is 1.82. The molecule has 0 aliphatic rings. The van der Waals surface area contributed by atoms with E-state index in [-0.39, 0.29) is 0 Å². The largest absolute Gasteiger partial charge is 0.373 e. The van der Waals surface area contributed by atoms with E-state index in [4.69, 9.17) is 5.26 Å². The Kier molecular flexibility index (Phi) is 2.83. The van der Waals surface area contributed by atoms with E-state index >= 15 is 0 Å². The first kappa shape index (κ1) is 10.2. The highest BCUT2D eigenvalue weighted by atomic mass is 15.1. The maximum atomic E-state index is 8.83. The van der Waals surface area contributed by atoms with Crippen molar-refractivity contribution >= 4 is 5.82 Å². The predicted molar refractivity (Wildman–Crippen MR) is 59.8 cm³/mol. The van der Waals surface area contributed by atoms with E-state index in [0.29, 0.717) is 12.4 Å². The van der Waals surface area contributed by atoms with Gasteiger partial charge in [-0.25, -0.2) is 9.97 Å². The van der Waals surface area contributed by atoms with Crippen molar-refractivity contribution in [1.82, 2.24) is 14.5 Å². The molecule has 1 N–H and O–H groups in total. The number of pyridine rings is 1. The summed E-state index contributed by atoms with van der Waals surface area (Å²) < 4.78 is 1.80. The number of aromatic nitrogens is 3. The molecule has 0 saturated heterocycles. The van der Waals surface area contributed by atoms with Gasteiger partial charge in [-0.05, 0) is 17.7 Å². The zero-order valence-electron chi connectivity index (χ0n) is 8.88. The molecule has 0 aromatic carbocycles. The molecule has 0 fully saturated rings. The zero-order chi connectivity index (χ0) is 11.4. The van der Waals surface area contributed by atoms with E-state index in [0.717, 1.165) is 11.4 Å². The highest BCUT2D eigenvalue weighted by Crippen LogP contribution is 2.08. The van der Waals surface area contributed by atoms with Crippen LogP contribution < -0.4 is 5.32 Å². The molecule has 16 heavy (non-hydrogen) atoms. The highest BCUT2D eigenvalue weighted by Gasteiger charge is 2.02. The van der Waals surface area contributed by atoms with Gasteiger partial charge < -0.3 is 9.88 Å². The van der Waals surface area contributed by atoms with Gasteiger partial charge in [0.05, 0.1) is 0 Å². The molecule has 0 atom stereocenters. The Morgan fingerprint density at radius 1 is 1.44 bits per heavy atom. The van der Waals surface area contributed by atoms with Gasteiger partial charge in [-0.3, -0.25) is 0 Å². The molecule has 2 heterocycles. The smallest absolute Gasteiger partial charge is 0.213 e. The summed E-state index contributed by atoms with van der Waals surface area (Å²) in [4.78, 5) is 8.07. The van der Waals surface area contributed by atoms with Crippen LogP contribution in [0.5, 0.6) is 0 Å². The molecule has 2 aromatic heterocycles. The second-order valence-electron chi connectivity index (χ2n) is 3.29. The number of anilines is 1. The molecular weight excluding hydrogens is 202 g/mol. The molecular formula is C11H11N5. The minimum absolute atomic E-state index is 0.419. The first-order valence-corrected chi connectivity index (χ1v) is 4.87. The van der Waals surface area contributed by atoms with E-state index in [1.807, 2.05) is 25.2 Å². The summed E-state index contributed by atoms with van der Waals surface area (Å²) in [6, 6.07) is 5.91. The number of imidazole rings is 1. The van der Waals surface area contributed by atoms with Crippen LogP contribution in [0, 0.1) is 11.3 Å². The maximum Gasteiger partial charge on any atom is 0.213 e. The van der Waals surface area contributed by atoms with Crippen LogP contribution in [0.15, 0.2) is 30.7 Å². The number of hydrogen-bond acceptors (Lipinski definition) is 4. The number of hydrogen-bond donors (Lipinski definition) is 1. The fourth-order valence-corrected chi connectivity index (χ4v) is 1.46. The summed E-state index contributed by atoms with van der Waals surface area (Å²) in [5.41, 5.74) is 1.08. The minimum Gasteiger partial charge on any atom is -0.373 e. The molecule has 0 aliphatic carbocycles. The summed E-state index contributed by atoms with van der Waals surface area (Å²) in [6.45, 7) is 0.625. The van der Waals surface area contributed by atoms with E-state index < -0.39 is 0 Å². The van der Waals surface area contributed by atoms with E-state index in [1.165, 1.54) is 0 Å². The van der Waals surface area contributed by atoms with Gasteiger partial charge in [0.15, 0.2) is 0 Å². The van der Waals surface area contributed by atoms with Crippen LogP contribution >= 0.6 is 0 Å². The number of nitrogens with zero attached hydrogens (tertiary/aromatic N) is 4. The Hall–Kier alpha value is -2.35. The molecule has 0 amide bonds. The van der Waals surface area contributed by atoms with Crippen LogP contribution in [-0.2, 0) is 6.54 Å². The lowest BCUT2D eigenvalue weighted by molar-refractivity contribution is 0.781.